The third-order valence-corrected chi connectivity index (χ3v) is 4.99. The number of β-amino-alcohol motifs (C(OH)–C–C–N with tert-alkyl or cyclic N) is 1. The monoisotopic (exact) mass is 263 g/mol. The molecule has 0 aliphatic carbocycles. The number of hydrogen-bond donors (Lipinski definition) is 1. The van der Waals surface area contributed by atoms with Gasteiger partial charge >= 0.3 is 0 Å². The van der Waals surface area contributed by atoms with Gasteiger partial charge in [0.25, 0.3) is 0 Å². The Balaban J connectivity index is 2.03. The van der Waals surface area contributed by atoms with Gasteiger partial charge in [-0.1, -0.05) is 6.92 Å². The molecule has 18 heavy (non-hydrogen) atoms. The molecule has 2 aromatic rings. The number of aliphatic hydroxyl groups is 1. The summed E-state index contributed by atoms with van der Waals surface area (Å²) in [6.07, 6.45) is 2.41. The first kappa shape index (κ1) is 11.9. The fourth-order valence-electron chi connectivity index (χ4n) is 2.44. The largest absolute Gasteiger partial charge is 0.386 e. The molecule has 4 nitrogen and oxygen atoms in total. The highest BCUT2D eigenvalue weighted by Gasteiger charge is 2.41. The molecule has 0 aromatic carbocycles. The summed E-state index contributed by atoms with van der Waals surface area (Å²) in [5, 5.41) is 11.3. The molecule has 0 amide bonds. The Morgan fingerprint density at radius 1 is 1.39 bits per heavy atom. The van der Waals surface area contributed by atoms with Gasteiger partial charge in [-0.25, -0.2) is 9.97 Å². The Morgan fingerprint density at radius 2 is 2.11 bits per heavy atom. The second-order valence-electron chi connectivity index (χ2n) is 5.09. The van der Waals surface area contributed by atoms with Crippen LogP contribution in [-0.4, -0.2) is 33.8 Å². The number of anilines is 1. The van der Waals surface area contributed by atoms with Crippen molar-refractivity contribution in [1.29, 1.82) is 0 Å². The van der Waals surface area contributed by atoms with Crippen molar-refractivity contribution in [3.63, 3.8) is 0 Å². The number of hydrogen-bond acceptors (Lipinski definition) is 5. The molecule has 0 atom stereocenters. The summed E-state index contributed by atoms with van der Waals surface area (Å²) >= 11 is 1.71. The van der Waals surface area contributed by atoms with Gasteiger partial charge in [-0.2, -0.15) is 0 Å². The highest BCUT2D eigenvalue weighted by molar-refractivity contribution is 7.18. The first-order chi connectivity index (χ1) is 8.54. The van der Waals surface area contributed by atoms with E-state index in [0.717, 1.165) is 22.5 Å². The number of aryl methyl sites for hydroxylation is 2. The Labute approximate surface area is 110 Å². The van der Waals surface area contributed by atoms with E-state index in [1.807, 2.05) is 6.92 Å². The normalized spacial score (nSPS) is 18.1. The van der Waals surface area contributed by atoms with Gasteiger partial charge in [0.1, 0.15) is 17.0 Å². The van der Waals surface area contributed by atoms with Gasteiger partial charge in [0.05, 0.1) is 11.0 Å². The molecule has 2 aromatic heterocycles. The fourth-order valence-corrected chi connectivity index (χ4v) is 3.43. The molecule has 0 unspecified atom stereocenters. The first-order valence-electron chi connectivity index (χ1n) is 6.22. The van der Waals surface area contributed by atoms with Gasteiger partial charge in [-0.05, 0) is 25.8 Å². The van der Waals surface area contributed by atoms with Crippen molar-refractivity contribution < 1.29 is 5.11 Å². The van der Waals surface area contributed by atoms with Crippen molar-refractivity contribution in [3.05, 3.63) is 16.8 Å². The standard InChI is InChI=1S/C13H17N3OS/c1-4-13(17)5-16(6-13)11-10-8(2)9(3)18-12(10)15-7-14-11/h7,17H,4-6H2,1-3H3. The van der Waals surface area contributed by atoms with Crippen molar-refractivity contribution in [2.75, 3.05) is 18.0 Å². The van der Waals surface area contributed by atoms with Crippen molar-refractivity contribution in [1.82, 2.24) is 9.97 Å². The van der Waals surface area contributed by atoms with Gasteiger partial charge in [0.15, 0.2) is 0 Å². The van der Waals surface area contributed by atoms with E-state index in [-0.39, 0.29) is 0 Å². The van der Waals surface area contributed by atoms with Crippen LogP contribution in [0.4, 0.5) is 5.82 Å². The van der Waals surface area contributed by atoms with Crippen molar-refractivity contribution >= 4 is 27.4 Å². The Hall–Kier alpha value is -1.20. The zero-order chi connectivity index (χ0) is 12.9. The first-order valence-corrected chi connectivity index (χ1v) is 7.04. The predicted octanol–water partition coefficient (Wildman–Crippen LogP) is 2.27. The van der Waals surface area contributed by atoms with Crippen LogP contribution in [0.5, 0.6) is 0 Å². The molecule has 96 valence electrons. The van der Waals surface area contributed by atoms with Crippen molar-refractivity contribution in [3.8, 4) is 0 Å². The number of thiophene rings is 1. The van der Waals surface area contributed by atoms with E-state index < -0.39 is 5.60 Å². The summed E-state index contributed by atoms with van der Waals surface area (Å²) in [6.45, 7) is 7.59. The molecule has 3 heterocycles. The summed E-state index contributed by atoms with van der Waals surface area (Å²) in [5.74, 6) is 0.972. The van der Waals surface area contributed by atoms with Gasteiger partial charge in [-0.15, -0.1) is 11.3 Å². The lowest BCUT2D eigenvalue weighted by Crippen LogP contribution is -2.61. The maximum Gasteiger partial charge on any atom is 0.141 e. The summed E-state index contributed by atoms with van der Waals surface area (Å²) in [7, 11) is 0. The number of nitrogens with zero attached hydrogens (tertiary/aromatic N) is 3. The van der Waals surface area contributed by atoms with Crippen LogP contribution in [-0.2, 0) is 0 Å². The Bertz CT molecular complexity index is 602. The maximum atomic E-state index is 10.1. The quantitative estimate of drug-likeness (QED) is 0.903. The molecule has 0 spiro atoms. The lowest BCUT2D eigenvalue weighted by molar-refractivity contribution is 0.00823. The van der Waals surface area contributed by atoms with E-state index in [1.54, 1.807) is 17.7 Å². The summed E-state index contributed by atoms with van der Waals surface area (Å²) < 4.78 is 0. The highest BCUT2D eigenvalue weighted by Crippen LogP contribution is 2.37. The lowest BCUT2D eigenvalue weighted by Gasteiger charge is -2.47. The average molecular weight is 263 g/mol. The summed E-state index contributed by atoms with van der Waals surface area (Å²) in [6, 6.07) is 0. The van der Waals surface area contributed by atoms with Crippen LogP contribution in [0.3, 0.4) is 0 Å². The number of rotatable bonds is 2. The fraction of sp³-hybridized carbons (Fsp3) is 0.538. The van der Waals surface area contributed by atoms with Gasteiger partial charge in [0, 0.05) is 18.0 Å². The minimum Gasteiger partial charge on any atom is -0.386 e. The molecular formula is C13H17N3OS. The topological polar surface area (TPSA) is 49.2 Å². The molecule has 1 N–H and O–H groups in total. The molecule has 1 fully saturated rings. The van der Waals surface area contributed by atoms with E-state index in [1.165, 1.54) is 10.4 Å². The molecule has 0 bridgehead atoms. The Morgan fingerprint density at radius 3 is 2.78 bits per heavy atom. The smallest absolute Gasteiger partial charge is 0.141 e. The van der Waals surface area contributed by atoms with E-state index in [0.29, 0.717) is 13.1 Å². The van der Waals surface area contributed by atoms with Crippen LogP contribution < -0.4 is 4.90 Å². The van der Waals surface area contributed by atoms with Crippen LogP contribution in [0, 0.1) is 13.8 Å². The Kier molecular flexibility index (Phi) is 2.57. The van der Waals surface area contributed by atoms with Gasteiger partial charge in [-0.3, -0.25) is 0 Å². The summed E-state index contributed by atoms with van der Waals surface area (Å²) in [5.41, 5.74) is 0.730. The minimum atomic E-state index is -0.532. The molecule has 1 saturated heterocycles. The third kappa shape index (κ3) is 1.61. The van der Waals surface area contributed by atoms with Crippen LogP contribution in [0.25, 0.3) is 10.2 Å². The molecule has 0 radical (unpaired) electrons. The van der Waals surface area contributed by atoms with E-state index in [4.69, 9.17) is 0 Å². The molecule has 5 heteroatoms. The second kappa shape index (κ2) is 3.90. The predicted molar refractivity (Wildman–Crippen MR) is 74.3 cm³/mol. The zero-order valence-electron chi connectivity index (χ0n) is 10.9. The lowest BCUT2D eigenvalue weighted by atomic mass is 9.91. The van der Waals surface area contributed by atoms with Crippen molar-refractivity contribution in [2.24, 2.45) is 0 Å². The van der Waals surface area contributed by atoms with Gasteiger partial charge in [0.2, 0.25) is 0 Å². The average Bonchev–Trinajstić information content (AvgIpc) is 2.61. The minimum absolute atomic E-state index is 0.532. The second-order valence-corrected chi connectivity index (χ2v) is 6.30. The maximum absolute atomic E-state index is 10.1. The third-order valence-electron chi connectivity index (χ3n) is 3.87. The van der Waals surface area contributed by atoms with Crippen LogP contribution in [0.2, 0.25) is 0 Å². The van der Waals surface area contributed by atoms with Gasteiger partial charge < -0.3 is 10.0 Å². The molecule has 1 aliphatic heterocycles. The van der Waals surface area contributed by atoms with Crippen LogP contribution >= 0.6 is 11.3 Å². The van der Waals surface area contributed by atoms with E-state index >= 15 is 0 Å². The van der Waals surface area contributed by atoms with Crippen LogP contribution in [0.15, 0.2) is 6.33 Å². The van der Waals surface area contributed by atoms with Crippen LogP contribution in [0.1, 0.15) is 23.8 Å². The molecule has 1 aliphatic rings. The highest BCUT2D eigenvalue weighted by atomic mass is 32.1. The zero-order valence-corrected chi connectivity index (χ0v) is 11.7. The number of aromatic nitrogens is 2. The summed E-state index contributed by atoms with van der Waals surface area (Å²) in [4.78, 5) is 13.2. The molecular weight excluding hydrogens is 246 g/mol. The molecule has 0 saturated carbocycles. The van der Waals surface area contributed by atoms with Crippen molar-refractivity contribution in [2.45, 2.75) is 32.8 Å². The number of fused-ring (bicyclic) bond motifs is 1. The van der Waals surface area contributed by atoms with E-state index in [2.05, 4.69) is 28.7 Å². The SMILES string of the molecule is CCC1(O)CN(c2ncnc3sc(C)c(C)c23)C1. The molecule has 3 rings (SSSR count). The van der Waals surface area contributed by atoms with E-state index in [9.17, 15) is 5.11 Å².